The molecule has 0 fully saturated rings. The Morgan fingerprint density at radius 2 is 1.90 bits per heavy atom. The maximum atomic E-state index is 9.02. The molecule has 1 heterocycles. The van der Waals surface area contributed by atoms with E-state index in [2.05, 4.69) is 54.5 Å². The monoisotopic (exact) mass is 265 g/mol. The smallest absolute Gasteiger partial charge is 0.144 e. The van der Waals surface area contributed by atoms with E-state index in [0.29, 0.717) is 12.2 Å². The van der Waals surface area contributed by atoms with Crippen molar-refractivity contribution in [3.05, 3.63) is 65.5 Å². The SMILES string of the molecule is CC(C)(CNCc1cccnc1C#N)c1ccccc1. The highest BCUT2D eigenvalue weighted by atomic mass is 14.9. The summed E-state index contributed by atoms with van der Waals surface area (Å²) in [6, 6.07) is 16.4. The highest BCUT2D eigenvalue weighted by Gasteiger charge is 2.19. The Hall–Kier alpha value is -2.18. The molecule has 0 amide bonds. The minimum Gasteiger partial charge on any atom is -0.312 e. The molecule has 1 aromatic heterocycles. The molecule has 20 heavy (non-hydrogen) atoms. The predicted molar refractivity (Wildman–Crippen MR) is 80.1 cm³/mol. The van der Waals surface area contributed by atoms with Crippen molar-refractivity contribution in [2.75, 3.05) is 6.54 Å². The van der Waals surface area contributed by atoms with Gasteiger partial charge in [0, 0.05) is 30.3 Å². The molecule has 2 aromatic rings. The Morgan fingerprint density at radius 1 is 1.15 bits per heavy atom. The second kappa shape index (κ2) is 6.31. The molecule has 1 aromatic carbocycles. The van der Waals surface area contributed by atoms with Gasteiger partial charge < -0.3 is 5.32 Å². The Kier molecular flexibility index (Phi) is 4.49. The molecule has 0 spiro atoms. The van der Waals surface area contributed by atoms with Gasteiger partial charge in [0.05, 0.1) is 0 Å². The quantitative estimate of drug-likeness (QED) is 0.904. The third kappa shape index (κ3) is 3.43. The van der Waals surface area contributed by atoms with Gasteiger partial charge in [0.1, 0.15) is 11.8 Å². The van der Waals surface area contributed by atoms with Crippen molar-refractivity contribution < 1.29 is 0 Å². The van der Waals surface area contributed by atoms with Gasteiger partial charge in [-0.25, -0.2) is 4.98 Å². The van der Waals surface area contributed by atoms with Gasteiger partial charge in [-0.05, 0) is 11.6 Å². The van der Waals surface area contributed by atoms with Gasteiger partial charge in [0.25, 0.3) is 0 Å². The van der Waals surface area contributed by atoms with Crippen LogP contribution >= 0.6 is 0 Å². The van der Waals surface area contributed by atoms with Crippen LogP contribution in [0.3, 0.4) is 0 Å². The zero-order valence-corrected chi connectivity index (χ0v) is 11.9. The first-order valence-corrected chi connectivity index (χ1v) is 6.74. The second-order valence-corrected chi connectivity index (χ2v) is 5.48. The predicted octanol–water partition coefficient (Wildman–Crippen LogP) is 3.02. The molecule has 3 nitrogen and oxygen atoms in total. The van der Waals surface area contributed by atoms with Gasteiger partial charge in [-0.1, -0.05) is 50.2 Å². The second-order valence-electron chi connectivity index (χ2n) is 5.48. The standard InChI is InChI=1S/C17H19N3/c1-17(2,15-8-4-3-5-9-15)13-19-12-14-7-6-10-20-16(14)11-18/h3-10,19H,12-13H2,1-2H3. The number of nitrogens with one attached hydrogen (secondary N) is 1. The van der Waals surface area contributed by atoms with E-state index in [9.17, 15) is 0 Å². The number of nitrogens with zero attached hydrogens (tertiary/aromatic N) is 2. The van der Waals surface area contributed by atoms with E-state index in [4.69, 9.17) is 5.26 Å². The first-order chi connectivity index (χ1) is 9.63. The Balaban J connectivity index is 1.98. The topological polar surface area (TPSA) is 48.7 Å². The zero-order chi connectivity index (χ0) is 14.4. The molecule has 1 N–H and O–H groups in total. The minimum absolute atomic E-state index is 0.0519. The highest BCUT2D eigenvalue weighted by molar-refractivity contribution is 5.30. The maximum absolute atomic E-state index is 9.02. The summed E-state index contributed by atoms with van der Waals surface area (Å²) in [7, 11) is 0. The van der Waals surface area contributed by atoms with Crippen molar-refractivity contribution >= 4 is 0 Å². The van der Waals surface area contributed by atoms with Crippen LogP contribution in [0, 0.1) is 11.3 Å². The summed E-state index contributed by atoms with van der Waals surface area (Å²) in [4.78, 5) is 4.07. The van der Waals surface area contributed by atoms with Gasteiger partial charge in [-0.3, -0.25) is 0 Å². The van der Waals surface area contributed by atoms with Crippen molar-refractivity contribution in [2.24, 2.45) is 0 Å². The molecule has 0 bridgehead atoms. The fraction of sp³-hybridized carbons (Fsp3) is 0.294. The molecule has 0 aliphatic rings. The molecular weight excluding hydrogens is 246 g/mol. The largest absolute Gasteiger partial charge is 0.312 e. The summed E-state index contributed by atoms with van der Waals surface area (Å²) < 4.78 is 0. The van der Waals surface area contributed by atoms with Crippen molar-refractivity contribution in [3.63, 3.8) is 0 Å². The molecule has 0 saturated heterocycles. The molecule has 0 atom stereocenters. The van der Waals surface area contributed by atoms with Gasteiger partial charge in [-0.15, -0.1) is 0 Å². The van der Waals surface area contributed by atoms with E-state index >= 15 is 0 Å². The number of benzene rings is 1. The van der Waals surface area contributed by atoms with Crippen molar-refractivity contribution in [2.45, 2.75) is 25.8 Å². The zero-order valence-electron chi connectivity index (χ0n) is 11.9. The normalized spacial score (nSPS) is 11.1. The number of rotatable bonds is 5. The van der Waals surface area contributed by atoms with Crippen molar-refractivity contribution in [1.29, 1.82) is 5.26 Å². The third-order valence-electron chi connectivity index (χ3n) is 3.43. The van der Waals surface area contributed by atoms with Gasteiger partial charge in [0.15, 0.2) is 0 Å². The molecule has 0 aliphatic heterocycles. The number of nitriles is 1. The van der Waals surface area contributed by atoms with Crippen LogP contribution in [0.15, 0.2) is 48.7 Å². The summed E-state index contributed by atoms with van der Waals surface area (Å²) in [6.45, 7) is 5.93. The summed E-state index contributed by atoms with van der Waals surface area (Å²) in [5.74, 6) is 0. The fourth-order valence-corrected chi connectivity index (χ4v) is 2.18. The molecular formula is C17H19N3. The molecule has 102 valence electrons. The van der Waals surface area contributed by atoms with E-state index in [-0.39, 0.29) is 5.41 Å². The number of aromatic nitrogens is 1. The summed E-state index contributed by atoms with van der Waals surface area (Å²) in [6.07, 6.45) is 1.65. The van der Waals surface area contributed by atoms with E-state index in [1.165, 1.54) is 5.56 Å². The maximum Gasteiger partial charge on any atom is 0.144 e. The van der Waals surface area contributed by atoms with Crippen LogP contribution in [-0.4, -0.2) is 11.5 Å². The van der Waals surface area contributed by atoms with Crippen LogP contribution in [-0.2, 0) is 12.0 Å². The Morgan fingerprint density at radius 3 is 2.60 bits per heavy atom. The Bertz CT molecular complexity index is 597. The molecule has 3 heteroatoms. The van der Waals surface area contributed by atoms with Gasteiger partial charge >= 0.3 is 0 Å². The van der Waals surface area contributed by atoms with Crippen molar-refractivity contribution in [1.82, 2.24) is 10.3 Å². The van der Waals surface area contributed by atoms with E-state index in [0.717, 1.165) is 12.1 Å². The van der Waals surface area contributed by atoms with E-state index in [1.54, 1.807) is 6.20 Å². The minimum atomic E-state index is 0.0519. The lowest BCUT2D eigenvalue weighted by atomic mass is 9.84. The number of hydrogen-bond donors (Lipinski definition) is 1. The lowest BCUT2D eigenvalue weighted by molar-refractivity contribution is 0.468. The first kappa shape index (κ1) is 14.2. The van der Waals surface area contributed by atoms with Gasteiger partial charge in [-0.2, -0.15) is 5.26 Å². The van der Waals surface area contributed by atoms with E-state index < -0.39 is 0 Å². The van der Waals surface area contributed by atoms with Crippen LogP contribution in [0.4, 0.5) is 0 Å². The van der Waals surface area contributed by atoms with Gasteiger partial charge in [0.2, 0.25) is 0 Å². The van der Waals surface area contributed by atoms with Crippen molar-refractivity contribution in [3.8, 4) is 6.07 Å². The average Bonchev–Trinajstić information content (AvgIpc) is 2.48. The Labute approximate surface area is 120 Å². The molecule has 0 aliphatic carbocycles. The summed E-state index contributed by atoms with van der Waals surface area (Å²) in [5, 5.41) is 12.4. The number of pyridine rings is 1. The van der Waals surface area contributed by atoms with Crippen LogP contribution in [0.2, 0.25) is 0 Å². The third-order valence-corrected chi connectivity index (χ3v) is 3.43. The van der Waals surface area contributed by atoms with E-state index in [1.807, 2.05) is 18.2 Å². The van der Waals surface area contributed by atoms with Crippen LogP contribution in [0.5, 0.6) is 0 Å². The molecule has 0 saturated carbocycles. The summed E-state index contributed by atoms with van der Waals surface area (Å²) >= 11 is 0. The first-order valence-electron chi connectivity index (χ1n) is 6.74. The highest BCUT2D eigenvalue weighted by Crippen LogP contribution is 2.21. The fourth-order valence-electron chi connectivity index (χ4n) is 2.18. The molecule has 0 unspecified atom stereocenters. The average molecular weight is 265 g/mol. The lowest BCUT2D eigenvalue weighted by Gasteiger charge is -2.25. The van der Waals surface area contributed by atoms with Crippen LogP contribution in [0.25, 0.3) is 0 Å². The number of hydrogen-bond acceptors (Lipinski definition) is 3. The van der Waals surface area contributed by atoms with Crippen LogP contribution in [0.1, 0.15) is 30.7 Å². The molecule has 0 radical (unpaired) electrons. The van der Waals surface area contributed by atoms with Crippen LogP contribution < -0.4 is 5.32 Å². The summed E-state index contributed by atoms with van der Waals surface area (Å²) in [5.41, 5.74) is 2.80. The lowest BCUT2D eigenvalue weighted by Crippen LogP contribution is -2.32. The molecule has 2 rings (SSSR count).